The molecule has 1 aliphatic rings. The normalized spacial score (nSPS) is 18.0. The molecule has 36 heavy (non-hydrogen) atoms. The highest BCUT2D eigenvalue weighted by Gasteiger charge is 2.34. The first kappa shape index (κ1) is 27.5. The van der Waals surface area contributed by atoms with E-state index in [2.05, 4.69) is 5.32 Å². The molecule has 2 aromatic rings. The molecule has 3 N–H and O–H groups in total. The van der Waals surface area contributed by atoms with E-state index in [4.69, 9.17) is 21.5 Å². The van der Waals surface area contributed by atoms with E-state index in [0.717, 1.165) is 0 Å². The van der Waals surface area contributed by atoms with Crippen LogP contribution in [0.25, 0.3) is 0 Å². The Hall–Kier alpha value is -3.06. The first-order valence-electron chi connectivity index (χ1n) is 10.2. The second-order valence-electron chi connectivity index (χ2n) is 7.87. The first-order chi connectivity index (χ1) is 16.6. The molecular formula is C23H19ClF4N2O5S. The number of primary sulfonamides is 1. The number of ether oxygens (including phenoxy) is 1. The monoisotopic (exact) mass is 546 g/mol. The Balaban J connectivity index is 1.74. The Labute approximate surface area is 208 Å². The molecule has 1 amide bonds. The molecule has 7 nitrogen and oxygen atoms in total. The zero-order valence-electron chi connectivity index (χ0n) is 18.5. The highest BCUT2D eigenvalue weighted by Crippen LogP contribution is 2.32. The minimum atomic E-state index is -4.87. The molecule has 0 heterocycles. The van der Waals surface area contributed by atoms with E-state index in [-0.39, 0.29) is 21.7 Å². The first-order valence-corrected chi connectivity index (χ1v) is 12.1. The summed E-state index contributed by atoms with van der Waals surface area (Å²) in [5, 5.41) is 7.70. The second-order valence-corrected chi connectivity index (χ2v) is 9.87. The lowest BCUT2D eigenvalue weighted by atomic mass is 9.88. The minimum Gasteiger partial charge on any atom is -0.363 e. The second kappa shape index (κ2) is 10.5. The van der Waals surface area contributed by atoms with Gasteiger partial charge in [0, 0.05) is 16.3 Å². The van der Waals surface area contributed by atoms with Crippen LogP contribution in [0.4, 0.5) is 23.2 Å². The summed E-state index contributed by atoms with van der Waals surface area (Å²) in [5.41, 5.74) is -1.17. The fraction of sp³-hybridized carbons (Fsp3) is 0.217. The molecule has 2 aromatic carbocycles. The molecule has 2 unspecified atom stereocenters. The number of anilines is 1. The van der Waals surface area contributed by atoms with Crippen LogP contribution in [0.3, 0.4) is 0 Å². The Bertz CT molecular complexity index is 1370. The largest absolute Gasteiger partial charge is 0.416 e. The summed E-state index contributed by atoms with van der Waals surface area (Å²) in [6, 6.07) is 5.29. The number of nitrogens with one attached hydrogen (secondary N) is 1. The Morgan fingerprint density at radius 2 is 1.86 bits per heavy atom. The van der Waals surface area contributed by atoms with E-state index in [0.29, 0.717) is 17.7 Å². The summed E-state index contributed by atoms with van der Waals surface area (Å²) in [5.74, 6) is -4.02. The van der Waals surface area contributed by atoms with Gasteiger partial charge >= 0.3 is 6.18 Å². The summed E-state index contributed by atoms with van der Waals surface area (Å²) in [7, 11) is -3.93. The van der Waals surface area contributed by atoms with Gasteiger partial charge in [-0.25, -0.2) is 17.9 Å². The van der Waals surface area contributed by atoms with Crippen LogP contribution < -0.4 is 10.5 Å². The molecule has 2 atom stereocenters. The SMILES string of the molecule is Cc1cc(S(N)(=O)=O)ccc1NC(=O)COC1C=CC(Cl)=CC1C(=O)c1cc(F)cc(C(F)(F)F)c1. The van der Waals surface area contributed by atoms with Gasteiger partial charge in [-0.05, 0) is 55.0 Å². The predicted molar refractivity (Wildman–Crippen MR) is 123 cm³/mol. The number of nitrogens with two attached hydrogens (primary N) is 1. The molecule has 3 rings (SSSR count). The van der Waals surface area contributed by atoms with Gasteiger partial charge in [0.1, 0.15) is 12.4 Å². The number of carbonyl (C=O) groups excluding carboxylic acids is 2. The Morgan fingerprint density at radius 1 is 1.17 bits per heavy atom. The lowest BCUT2D eigenvalue weighted by Crippen LogP contribution is -2.32. The van der Waals surface area contributed by atoms with Crippen molar-refractivity contribution < 1.29 is 40.3 Å². The number of alkyl halides is 3. The lowest BCUT2D eigenvalue weighted by Gasteiger charge is -2.24. The number of hydrogen-bond acceptors (Lipinski definition) is 5. The van der Waals surface area contributed by atoms with Crippen LogP contribution in [0.2, 0.25) is 0 Å². The van der Waals surface area contributed by atoms with Crippen LogP contribution in [0.5, 0.6) is 0 Å². The van der Waals surface area contributed by atoms with Gasteiger partial charge in [0.05, 0.1) is 22.5 Å². The lowest BCUT2D eigenvalue weighted by molar-refractivity contribution is -0.137. The van der Waals surface area contributed by atoms with E-state index in [9.17, 15) is 35.6 Å². The Morgan fingerprint density at radius 3 is 2.47 bits per heavy atom. The number of ketones is 1. The zero-order valence-corrected chi connectivity index (χ0v) is 20.0. The van der Waals surface area contributed by atoms with Crippen molar-refractivity contribution in [1.82, 2.24) is 0 Å². The van der Waals surface area contributed by atoms with Gasteiger partial charge in [-0.15, -0.1) is 0 Å². The summed E-state index contributed by atoms with van der Waals surface area (Å²) in [4.78, 5) is 25.2. The maximum Gasteiger partial charge on any atom is 0.416 e. The van der Waals surface area contributed by atoms with Crippen LogP contribution >= 0.6 is 11.6 Å². The molecule has 13 heteroatoms. The van der Waals surface area contributed by atoms with Crippen LogP contribution in [-0.4, -0.2) is 32.8 Å². The van der Waals surface area contributed by atoms with E-state index in [1.54, 1.807) is 6.92 Å². The number of aryl methyl sites for hydroxylation is 1. The highest BCUT2D eigenvalue weighted by molar-refractivity contribution is 7.89. The topological polar surface area (TPSA) is 116 Å². The summed E-state index contributed by atoms with van der Waals surface area (Å²) in [6.45, 7) is 0.974. The minimum absolute atomic E-state index is 0.107. The molecule has 0 fully saturated rings. The summed E-state index contributed by atoms with van der Waals surface area (Å²) >= 11 is 5.96. The number of halogens is 5. The number of hydrogen-bond donors (Lipinski definition) is 2. The third-order valence-electron chi connectivity index (χ3n) is 5.16. The van der Waals surface area contributed by atoms with Crippen LogP contribution in [0.15, 0.2) is 64.6 Å². The number of rotatable bonds is 7. The zero-order chi connectivity index (χ0) is 26.8. The van der Waals surface area contributed by atoms with Crippen molar-refractivity contribution in [1.29, 1.82) is 0 Å². The van der Waals surface area contributed by atoms with Gasteiger partial charge in [-0.3, -0.25) is 9.59 Å². The standard InChI is InChI=1S/C23H19ClF4N2O5S/c1-12-6-17(36(29,33)34)3-4-19(12)30-21(31)11-35-20-5-2-15(24)10-18(20)22(32)13-7-14(23(26,27)28)9-16(25)8-13/h2-10,18,20H,11H2,1H3,(H,30,31)(H2,29,33,34). The maximum absolute atomic E-state index is 13.8. The number of carbonyl (C=O) groups is 2. The van der Waals surface area contributed by atoms with Crippen molar-refractivity contribution in [2.45, 2.75) is 24.1 Å². The van der Waals surface area contributed by atoms with Crippen molar-refractivity contribution in [3.63, 3.8) is 0 Å². The van der Waals surface area contributed by atoms with E-state index < -0.39 is 63.5 Å². The number of sulfonamides is 1. The predicted octanol–water partition coefficient (Wildman–Crippen LogP) is 4.32. The average Bonchev–Trinajstić information content (AvgIpc) is 2.77. The van der Waals surface area contributed by atoms with Gasteiger partial charge in [0.2, 0.25) is 15.9 Å². The van der Waals surface area contributed by atoms with Crippen LogP contribution in [0.1, 0.15) is 21.5 Å². The van der Waals surface area contributed by atoms with Gasteiger partial charge in [-0.1, -0.05) is 23.8 Å². The number of allylic oxidation sites excluding steroid dienone is 2. The smallest absolute Gasteiger partial charge is 0.363 e. The number of benzene rings is 2. The third-order valence-corrected chi connectivity index (χ3v) is 6.32. The Kier molecular flexibility index (Phi) is 8.04. The highest BCUT2D eigenvalue weighted by atomic mass is 35.5. The molecule has 0 bridgehead atoms. The van der Waals surface area contributed by atoms with Crippen LogP contribution in [0, 0.1) is 18.7 Å². The van der Waals surface area contributed by atoms with Crippen molar-refractivity contribution in [2.24, 2.45) is 11.1 Å². The molecule has 192 valence electrons. The summed E-state index contributed by atoms with van der Waals surface area (Å²) < 4.78 is 81.4. The quantitative estimate of drug-likeness (QED) is 0.396. The van der Waals surface area contributed by atoms with E-state index in [1.807, 2.05) is 0 Å². The molecule has 0 aliphatic heterocycles. The molecule has 0 spiro atoms. The van der Waals surface area contributed by atoms with Crippen LogP contribution in [-0.2, 0) is 25.7 Å². The summed E-state index contributed by atoms with van der Waals surface area (Å²) in [6.07, 6.45) is -1.98. The van der Waals surface area contributed by atoms with Gasteiger partial charge < -0.3 is 10.1 Å². The van der Waals surface area contributed by atoms with Gasteiger partial charge in [0.25, 0.3) is 0 Å². The van der Waals surface area contributed by atoms with E-state index in [1.165, 1.54) is 36.4 Å². The van der Waals surface area contributed by atoms with Crippen molar-refractivity contribution in [3.8, 4) is 0 Å². The maximum atomic E-state index is 13.8. The fourth-order valence-corrected chi connectivity index (χ4v) is 4.22. The third kappa shape index (κ3) is 6.78. The van der Waals surface area contributed by atoms with Crippen molar-refractivity contribution >= 4 is 39.0 Å². The molecule has 0 saturated heterocycles. The number of Topliss-reactive ketones (excluding diaryl/α,β-unsaturated/α-hetero) is 1. The van der Waals surface area contributed by atoms with E-state index >= 15 is 0 Å². The van der Waals surface area contributed by atoms with Crippen molar-refractivity contribution in [3.05, 3.63) is 82.2 Å². The molecule has 0 saturated carbocycles. The molecule has 0 radical (unpaired) electrons. The molecule has 0 aromatic heterocycles. The fourth-order valence-electron chi connectivity index (χ4n) is 3.41. The number of amides is 1. The van der Waals surface area contributed by atoms with Gasteiger partial charge in [0.15, 0.2) is 5.78 Å². The van der Waals surface area contributed by atoms with Crippen molar-refractivity contribution in [2.75, 3.05) is 11.9 Å². The molecule has 1 aliphatic carbocycles. The average molecular weight is 547 g/mol. The van der Waals surface area contributed by atoms with Gasteiger partial charge in [-0.2, -0.15) is 13.2 Å². The molecular weight excluding hydrogens is 528 g/mol.